The van der Waals surface area contributed by atoms with Crippen LogP contribution in [0.1, 0.15) is 38.2 Å². The molecule has 3 heteroatoms. The molecule has 3 nitrogen and oxygen atoms in total. The van der Waals surface area contributed by atoms with Crippen LogP contribution in [0.5, 0.6) is 0 Å². The number of para-hydroxylation sites is 1. The summed E-state index contributed by atoms with van der Waals surface area (Å²) in [6.07, 6.45) is 4.73. The van der Waals surface area contributed by atoms with Crippen LogP contribution in [0, 0.1) is 0 Å². The molecule has 0 radical (unpaired) electrons. The Labute approximate surface area is 115 Å². The van der Waals surface area contributed by atoms with E-state index in [0.29, 0.717) is 13.0 Å². The van der Waals surface area contributed by atoms with Gasteiger partial charge in [0.25, 0.3) is 0 Å². The predicted octanol–water partition coefficient (Wildman–Crippen LogP) is 3.17. The fourth-order valence-corrected chi connectivity index (χ4v) is 2.56. The first-order chi connectivity index (χ1) is 9.33. The van der Waals surface area contributed by atoms with Crippen molar-refractivity contribution in [3.8, 4) is 0 Å². The first-order valence-corrected chi connectivity index (χ1v) is 7.29. The summed E-state index contributed by atoms with van der Waals surface area (Å²) in [7, 11) is 0. The zero-order valence-corrected chi connectivity index (χ0v) is 11.7. The molecule has 1 amide bonds. The highest BCUT2D eigenvalue weighted by Crippen LogP contribution is 2.26. The van der Waals surface area contributed by atoms with Gasteiger partial charge in [-0.1, -0.05) is 18.2 Å². The highest BCUT2D eigenvalue weighted by Gasteiger charge is 2.20. The Morgan fingerprint density at radius 2 is 2.16 bits per heavy atom. The van der Waals surface area contributed by atoms with Crippen LogP contribution in [0.3, 0.4) is 0 Å². The Kier molecular flexibility index (Phi) is 5.40. The maximum atomic E-state index is 12.3. The van der Waals surface area contributed by atoms with Gasteiger partial charge < -0.3 is 9.64 Å². The second-order valence-corrected chi connectivity index (χ2v) is 4.93. The third-order valence-electron chi connectivity index (χ3n) is 3.54. The van der Waals surface area contributed by atoms with Gasteiger partial charge in [0.2, 0.25) is 5.91 Å². The van der Waals surface area contributed by atoms with Gasteiger partial charge in [-0.2, -0.15) is 0 Å². The second kappa shape index (κ2) is 7.29. The van der Waals surface area contributed by atoms with Crippen molar-refractivity contribution >= 4 is 11.6 Å². The van der Waals surface area contributed by atoms with Crippen molar-refractivity contribution in [3.05, 3.63) is 29.8 Å². The number of carbonyl (C=O) groups is 1. The number of anilines is 1. The number of fused-ring (bicyclic) bond motifs is 1. The average Bonchev–Trinajstić information content (AvgIpc) is 2.66. The van der Waals surface area contributed by atoms with E-state index in [9.17, 15) is 4.79 Å². The molecule has 0 aliphatic carbocycles. The van der Waals surface area contributed by atoms with E-state index < -0.39 is 0 Å². The maximum absolute atomic E-state index is 12.3. The molecule has 19 heavy (non-hydrogen) atoms. The number of benzene rings is 1. The van der Waals surface area contributed by atoms with Crippen molar-refractivity contribution < 1.29 is 9.53 Å². The van der Waals surface area contributed by atoms with Crippen molar-refractivity contribution in [1.82, 2.24) is 0 Å². The van der Waals surface area contributed by atoms with Crippen LogP contribution in [0.25, 0.3) is 0 Å². The molecule has 0 atom stereocenters. The number of ether oxygens (including phenoxy) is 1. The first kappa shape index (κ1) is 14.1. The van der Waals surface area contributed by atoms with Crippen molar-refractivity contribution in [2.24, 2.45) is 0 Å². The van der Waals surface area contributed by atoms with E-state index in [0.717, 1.165) is 38.1 Å². The van der Waals surface area contributed by atoms with Crippen LogP contribution >= 0.6 is 0 Å². The normalized spacial score (nSPS) is 14.9. The second-order valence-electron chi connectivity index (χ2n) is 4.93. The van der Waals surface area contributed by atoms with Gasteiger partial charge in [-0.25, -0.2) is 0 Å². The van der Waals surface area contributed by atoms with Crippen molar-refractivity contribution in [3.63, 3.8) is 0 Å². The zero-order valence-electron chi connectivity index (χ0n) is 11.7. The van der Waals surface area contributed by atoms with E-state index in [2.05, 4.69) is 18.2 Å². The van der Waals surface area contributed by atoms with Crippen molar-refractivity contribution in [1.29, 1.82) is 0 Å². The number of aryl methyl sites for hydroxylation is 1. The van der Waals surface area contributed by atoms with Crippen LogP contribution < -0.4 is 4.90 Å². The fourth-order valence-electron chi connectivity index (χ4n) is 2.56. The maximum Gasteiger partial charge on any atom is 0.227 e. The van der Waals surface area contributed by atoms with Crippen molar-refractivity contribution in [2.45, 2.75) is 39.0 Å². The summed E-state index contributed by atoms with van der Waals surface area (Å²) in [4.78, 5) is 14.3. The van der Waals surface area contributed by atoms with Gasteiger partial charge in [-0.3, -0.25) is 4.79 Å². The van der Waals surface area contributed by atoms with Crippen LogP contribution in [-0.4, -0.2) is 25.7 Å². The molecule has 0 fully saturated rings. The van der Waals surface area contributed by atoms with E-state index in [4.69, 9.17) is 4.74 Å². The number of hydrogen-bond donors (Lipinski definition) is 0. The summed E-state index contributed by atoms with van der Waals surface area (Å²) in [5, 5.41) is 0. The molecular weight excluding hydrogens is 238 g/mol. The molecule has 0 saturated carbocycles. The molecule has 1 aromatic carbocycles. The Hall–Kier alpha value is -1.35. The van der Waals surface area contributed by atoms with Crippen LogP contribution in [0.4, 0.5) is 5.69 Å². The van der Waals surface area contributed by atoms with Gasteiger partial charge in [-0.05, 0) is 44.2 Å². The van der Waals surface area contributed by atoms with E-state index in [-0.39, 0.29) is 5.91 Å². The van der Waals surface area contributed by atoms with Crippen molar-refractivity contribution in [2.75, 3.05) is 24.7 Å². The largest absolute Gasteiger partial charge is 0.382 e. The van der Waals surface area contributed by atoms with E-state index in [1.807, 2.05) is 17.9 Å². The SMILES string of the molecule is CCOCCCC(=O)N1CCCCc2ccccc21. The van der Waals surface area contributed by atoms with E-state index >= 15 is 0 Å². The summed E-state index contributed by atoms with van der Waals surface area (Å²) >= 11 is 0. The first-order valence-electron chi connectivity index (χ1n) is 7.29. The Morgan fingerprint density at radius 3 is 3.00 bits per heavy atom. The molecular formula is C16H23NO2. The van der Waals surface area contributed by atoms with E-state index in [1.54, 1.807) is 0 Å². The van der Waals surface area contributed by atoms with Gasteiger partial charge >= 0.3 is 0 Å². The summed E-state index contributed by atoms with van der Waals surface area (Å²) in [6.45, 7) is 4.23. The van der Waals surface area contributed by atoms with Gasteiger partial charge in [0, 0.05) is 31.9 Å². The minimum Gasteiger partial charge on any atom is -0.382 e. The smallest absolute Gasteiger partial charge is 0.227 e. The number of nitrogens with zero attached hydrogens (tertiary/aromatic N) is 1. The fraction of sp³-hybridized carbons (Fsp3) is 0.562. The number of hydrogen-bond acceptors (Lipinski definition) is 2. The summed E-state index contributed by atoms with van der Waals surface area (Å²) < 4.78 is 5.29. The lowest BCUT2D eigenvalue weighted by Crippen LogP contribution is -2.31. The molecule has 104 valence electrons. The molecule has 1 heterocycles. The monoisotopic (exact) mass is 261 g/mol. The Bertz CT molecular complexity index is 417. The molecule has 2 rings (SSSR count). The zero-order chi connectivity index (χ0) is 13.5. The minimum atomic E-state index is 0.231. The lowest BCUT2D eigenvalue weighted by Gasteiger charge is -2.23. The summed E-state index contributed by atoms with van der Waals surface area (Å²) in [6, 6.07) is 8.29. The van der Waals surface area contributed by atoms with Crippen LogP contribution in [0.2, 0.25) is 0 Å². The van der Waals surface area contributed by atoms with Gasteiger partial charge in [0.1, 0.15) is 0 Å². The molecule has 0 bridgehead atoms. The molecule has 0 spiro atoms. The lowest BCUT2D eigenvalue weighted by atomic mass is 10.1. The molecule has 1 aliphatic rings. The quantitative estimate of drug-likeness (QED) is 0.762. The highest BCUT2D eigenvalue weighted by atomic mass is 16.5. The minimum absolute atomic E-state index is 0.231. The summed E-state index contributed by atoms with van der Waals surface area (Å²) in [5.41, 5.74) is 2.42. The number of rotatable bonds is 5. The number of carbonyl (C=O) groups excluding carboxylic acids is 1. The third kappa shape index (κ3) is 3.80. The molecule has 0 saturated heterocycles. The average molecular weight is 261 g/mol. The molecule has 1 aliphatic heterocycles. The standard InChI is InChI=1S/C16H23NO2/c1-2-19-13-7-11-16(18)17-12-6-5-9-14-8-3-4-10-15(14)17/h3-4,8,10H,2,5-7,9,11-13H2,1H3. The molecule has 0 N–H and O–H groups in total. The van der Waals surface area contributed by atoms with Gasteiger partial charge in [0.15, 0.2) is 0 Å². The molecule has 0 aromatic heterocycles. The third-order valence-corrected chi connectivity index (χ3v) is 3.54. The Morgan fingerprint density at radius 1 is 1.32 bits per heavy atom. The van der Waals surface area contributed by atoms with Crippen LogP contribution in [0.15, 0.2) is 24.3 Å². The van der Waals surface area contributed by atoms with E-state index in [1.165, 1.54) is 12.0 Å². The Balaban J connectivity index is 2.00. The summed E-state index contributed by atoms with van der Waals surface area (Å²) in [5.74, 6) is 0.231. The van der Waals surface area contributed by atoms with Gasteiger partial charge in [0.05, 0.1) is 0 Å². The number of amides is 1. The molecule has 1 aromatic rings. The lowest BCUT2D eigenvalue weighted by molar-refractivity contribution is -0.119. The predicted molar refractivity (Wildman–Crippen MR) is 77.5 cm³/mol. The highest BCUT2D eigenvalue weighted by molar-refractivity contribution is 5.94. The molecule has 0 unspecified atom stereocenters. The van der Waals surface area contributed by atoms with Crippen LogP contribution in [-0.2, 0) is 16.0 Å². The topological polar surface area (TPSA) is 29.5 Å². The van der Waals surface area contributed by atoms with Gasteiger partial charge in [-0.15, -0.1) is 0 Å².